The van der Waals surface area contributed by atoms with E-state index in [4.69, 9.17) is 30.5 Å². The summed E-state index contributed by atoms with van der Waals surface area (Å²) in [6.45, 7) is 2.48. The molecule has 0 aliphatic carbocycles. The van der Waals surface area contributed by atoms with Crippen LogP contribution in [0.1, 0.15) is 23.2 Å². The van der Waals surface area contributed by atoms with E-state index in [0.717, 1.165) is 12.8 Å². The Morgan fingerprint density at radius 2 is 1.78 bits per heavy atom. The molecule has 0 radical (unpaired) electrons. The molecular weight excluding hydrogens is 440 g/mol. The lowest BCUT2D eigenvalue weighted by molar-refractivity contribution is -0.385. The number of nitro benzene ring substituents is 1. The van der Waals surface area contributed by atoms with Gasteiger partial charge in [-0.05, 0) is 43.2 Å². The van der Waals surface area contributed by atoms with Gasteiger partial charge in [-0.3, -0.25) is 14.9 Å². The summed E-state index contributed by atoms with van der Waals surface area (Å²) in [5, 5.41) is 11.5. The maximum absolute atomic E-state index is 13.0. The Morgan fingerprint density at radius 3 is 2.44 bits per heavy atom. The molecule has 2 aromatic carbocycles. The first-order valence-corrected chi connectivity index (χ1v) is 10.7. The Morgan fingerprint density at radius 1 is 1.09 bits per heavy atom. The summed E-state index contributed by atoms with van der Waals surface area (Å²) in [5.41, 5.74) is 0.185. The average molecular weight is 463 g/mol. The van der Waals surface area contributed by atoms with E-state index in [1.54, 1.807) is 23.1 Å². The highest BCUT2D eigenvalue weighted by Crippen LogP contribution is 2.38. The van der Waals surface area contributed by atoms with Crippen molar-refractivity contribution in [3.05, 3.63) is 57.1 Å². The van der Waals surface area contributed by atoms with E-state index in [9.17, 15) is 14.9 Å². The summed E-state index contributed by atoms with van der Waals surface area (Å²) < 4.78 is 22.3. The molecule has 2 fully saturated rings. The van der Waals surface area contributed by atoms with Crippen LogP contribution in [0.2, 0.25) is 5.02 Å². The van der Waals surface area contributed by atoms with Crippen molar-refractivity contribution in [2.75, 3.05) is 33.4 Å². The number of nitro groups is 1. The lowest BCUT2D eigenvalue weighted by Gasteiger charge is -2.34. The second-order valence-electron chi connectivity index (χ2n) is 7.58. The van der Waals surface area contributed by atoms with Gasteiger partial charge >= 0.3 is 5.69 Å². The van der Waals surface area contributed by atoms with Crippen LogP contribution in [0.5, 0.6) is 17.2 Å². The van der Waals surface area contributed by atoms with Crippen molar-refractivity contribution in [3.63, 3.8) is 0 Å². The predicted octanol–water partition coefficient (Wildman–Crippen LogP) is 4.27. The second kappa shape index (κ2) is 9.72. The fourth-order valence-corrected chi connectivity index (χ4v) is 4.10. The van der Waals surface area contributed by atoms with Crippen molar-refractivity contribution in [1.29, 1.82) is 0 Å². The Bertz CT molecular complexity index is 1000. The topological polar surface area (TPSA) is 100 Å². The minimum atomic E-state index is -0.573. The molecule has 2 aliphatic heterocycles. The maximum atomic E-state index is 13.0. The van der Waals surface area contributed by atoms with Crippen LogP contribution in [0.4, 0.5) is 5.69 Å². The van der Waals surface area contributed by atoms with Crippen molar-refractivity contribution in [3.8, 4) is 17.2 Å². The third-order valence-electron chi connectivity index (χ3n) is 5.61. The van der Waals surface area contributed by atoms with E-state index >= 15 is 0 Å². The van der Waals surface area contributed by atoms with E-state index in [1.807, 2.05) is 0 Å². The fraction of sp³-hybridized carbons (Fsp3) is 0.409. The molecule has 2 aromatic rings. The molecule has 2 aliphatic rings. The van der Waals surface area contributed by atoms with Gasteiger partial charge in [0, 0.05) is 35.7 Å². The normalized spacial score (nSPS) is 17.4. The van der Waals surface area contributed by atoms with Crippen molar-refractivity contribution in [1.82, 2.24) is 4.90 Å². The Hall–Kier alpha value is -2.88. The number of halogens is 1. The number of methoxy groups -OCH3 is 1. The molecule has 170 valence electrons. The maximum Gasteiger partial charge on any atom is 0.313 e. The quantitative estimate of drug-likeness (QED) is 0.466. The molecule has 0 saturated carbocycles. The van der Waals surface area contributed by atoms with Gasteiger partial charge in [-0.15, -0.1) is 0 Å². The molecule has 2 heterocycles. The Labute approximate surface area is 189 Å². The van der Waals surface area contributed by atoms with Crippen LogP contribution in [0.25, 0.3) is 0 Å². The molecule has 0 spiro atoms. The molecule has 0 aromatic heterocycles. The number of carbonyl (C=O) groups excluding carboxylic acids is 1. The lowest BCUT2D eigenvalue weighted by Crippen LogP contribution is -2.41. The number of nitrogens with zero attached hydrogens (tertiary/aromatic N) is 2. The second-order valence-corrected chi connectivity index (χ2v) is 8.01. The number of hydrogen-bond acceptors (Lipinski definition) is 7. The number of piperidine rings is 1. The molecule has 10 heteroatoms. The smallest absolute Gasteiger partial charge is 0.313 e. The van der Waals surface area contributed by atoms with Gasteiger partial charge in [-0.25, -0.2) is 0 Å². The Kier molecular flexibility index (Phi) is 6.78. The summed E-state index contributed by atoms with van der Waals surface area (Å²) in [6.07, 6.45) is 1.46. The SMILES string of the molecule is COc1cc(C(=O)N2CCC(C3OCCO3)CC2)ccc1Oc1ccc(Cl)cc1[N+](=O)[O-]. The number of benzene rings is 2. The first-order valence-electron chi connectivity index (χ1n) is 10.3. The minimum Gasteiger partial charge on any atom is -0.493 e. The monoisotopic (exact) mass is 462 g/mol. The van der Waals surface area contributed by atoms with Gasteiger partial charge in [0.2, 0.25) is 5.75 Å². The first-order chi connectivity index (χ1) is 15.5. The van der Waals surface area contributed by atoms with Gasteiger partial charge in [0.1, 0.15) is 0 Å². The summed E-state index contributed by atoms with van der Waals surface area (Å²) in [4.78, 5) is 25.5. The number of hydrogen-bond donors (Lipinski definition) is 0. The lowest BCUT2D eigenvalue weighted by atomic mass is 9.95. The highest BCUT2D eigenvalue weighted by molar-refractivity contribution is 6.30. The van der Waals surface area contributed by atoms with Gasteiger partial charge < -0.3 is 23.8 Å². The van der Waals surface area contributed by atoms with Gasteiger partial charge in [-0.1, -0.05) is 11.6 Å². The van der Waals surface area contributed by atoms with Gasteiger partial charge in [0.15, 0.2) is 17.8 Å². The van der Waals surface area contributed by atoms with Crippen molar-refractivity contribution in [2.45, 2.75) is 19.1 Å². The number of likely N-dealkylation sites (tertiary alicyclic amines) is 1. The summed E-state index contributed by atoms with van der Waals surface area (Å²) in [7, 11) is 1.44. The van der Waals surface area contributed by atoms with Crippen LogP contribution in [0.15, 0.2) is 36.4 Å². The van der Waals surface area contributed by atoms with Crippen LogP contribution in [0.3, 0.4) is 0 Å². The third-order valence-corrected chi connectivity index (χ3v) is 5.84. The first kappa shape index (κ1) is 22.3. The van der Waals surface area contributed by atoms with Gasteiger partial charge in [-0.2, -0.15) is 0 Å². The minimum absolute atomic E-state index is 0.0233. The Balaban J connectivity index is 1.47. The third kappa shape index (κ3) is 4.79. The average Bonchev–Trinajstić information content (AvgIpc) is 3.35. The molecule has 0 N–H and O–H groups in total. The molecule has 9 nitrogen and oxygen atoms in total. The van der Waals surface area contributed by atoms with Gasteiger partial charge in [0.25, 0.3) is 5.91 Å². The molecule has 0 unspecified atom stereocenters. The van der Waals surface area contributed by atoms with Crippen LogP contribution >= 0.6 is 11.6 Å². The van der Waals surface area contributed by atoms with Crippen molar-refractivity contribution in [2.24, 2.45) is 5.92 Å². The number of rotatable bonds is 6. The number of carbonyl (C=O) groups is 1. The summed E-state index contributed by atoms with van der Waals surface area (Å²) >= 11 is 5.86. The molecule has 2 saturated heterocycles. The summed E-state index contributed by atoms with van der Waals surface area (Å²) in [5.74, 6) is 0.753. The van der Waals surface area contributed by atoms with Crippen molar-refractivity contribution < 1.29 is 28.7 Å². The van der Waals surface area contributed by atoms with Crippen LogP contribution < -0.4 is 9.47 Å². The van der Waals surface area contributed by atoms with Gasteiger partial charge in [0.05, 0.1) is 25.2 Å². The fourth-order valence-electron chi connectivity index (χ4n) is 3.93. The largest absolute Gasteiger partial charge is 0.493 e. The highest BCUT2D eigenvalue weighted by atomic mass is 35.5. The van der Waals surface area contributed by atoms with E-state index in [2.05, 4.69) is 0 Å². The summed E-state index contributed by atoms with van der Waals surface area (Å²) in [6, 6.07) is 8.90. The zero-order valence-corrected chi connectivity index (χ0v) is 18.2. The predicted molar refractivity (Wildman–Crippen MR) is 115 cm³/mol. The highest BCUT2D eigenvalue weighted by Gasteiger charge is 2.32. The number of amides is 1. The van der Waals surface area contributed by atoms with E-state index in [1.165, 1.54) is 25.3 Å². The molecule has 0 bridgehead atoms. The van der Waals surface area contributed by atoms with E-state index < -0.39 is 4.92 Å². The molecule has 32 heavy (non-hydrogen) atoms. The molecule has 1 amide bonds. The van der Waals surface area contributed by atoms with E-state index in [-0.39, 0.29) is 34.4 Å². The van der Waals surface area contributed by atoms with E-state index in [0.29, 0.717) is 43.5 Å². The van der Waals surface area contributed by atoms with Crippen LogP contribution in [-0.2, 0) is 9.47 Å². The van der Waals surface area contributed by atoms with Crippen LogP contribution in [0, 0.1) is 16.0 Å². The molecular formula is C22H23ClN2O7. The molecule has 0 atom stereocenters. The zero-order valence-electron chi connectivity index (χ0n) is 17.5. The number of ether oxygens (including phenoxy) is 4. The van der Waals surface area contributed by atoms with Crippen LogP contribution in [-0.4, -0.2) is 55.4 Å². The molecule has 4 rings (SSSR count). The standard InChI is InChI=1S/C22H23ClN2O7/c1-29-20-12-15(21(26)24-8-6-14(7-9-24)22-30-10-11-31-22)2-4-19(20)32-18-5-3-16(23)13-17(18)25(27)28/h2-5,12-14,22H,6-11H2,1H3. The zero-order chi connectivity index (χ0) is 22.7. The van der Waals surface area contributed by atoms with Crippen molar-refractivity contribution >= 4 is 23.2 Å².